The maximum absolute atomic E-state index is 12.8. The fraction of sp³-hybridized carbons (Fsp3) is 0.588. The van der Waals surface area contributed by atoms with Gasteiger partial charge in [-0.15, -0.1) is 0 Å². The third kappa shape index (κ3) is 3.38. The van der Waals surface area contributed by atoms with Gasteiger partial charge in [-0.1, -0.05) is 6.92 Å². The van der Waals surface area contributed by atoms with Crippen molar-refractivity contribution in [2.45, 2.75) is 34.1 Å². The molecule has 0 aliphatic carbocycles. The van der Waals surface area contributed by atoms with Crippen molar-refractivity contribution in [2.75, 3.05) is 32.8 Å². The Kier molecular flexibility index (Phi) is 5.23. The predicted octanol–water partition coefficient (Wildman–Crippen LogP) is 2.45. The van der Waals surface area contributed by atoms with E-state index in [0.717, 1.165) is 60.6 Å². The smallest absolute Gasteiger partial charge is 0.254 e. The van der Waals surface area contributed by atoms with Gasteiger partial charge in [0.2, 0.25) is 0 Å². The second-order valence-electron chi connectivity index (χ2n) is 5.71. The highest BCUT2D eigenvalue weighted by atomic mass is 16.5. The fourth-order valence-corrected chi connectivity index (χ4v) is 2.76. The Labute approximate surface area is 127 Å². The van der Waals surface area contributed by atoms with Crippen LogP contribution in [0.2, 0.25) is 0 Å². The van der Waals surface area contributed by atoms with E-state index in [4.69, 9.17) is 4.74 Å². The van der Waals surface area contributed by atoms with Gasteiger partial charge in [0.25, 0.3) is 5.91 Å². The molecule has 4 heteroatoms. The third-order valence-corrected chi connectivity index (χ3v) is 4.13. The van der Waals surface area contributed by atoms with Crippen LogP contribution in [-0.2, 0) is 0 Å². The summed E-state index contributed by atoms with van der Waals surface area (Å²) in [6.45, 7) is 12.2. The highest BCUT2D eigenvalue weighted by Crippen LogP contribution is 2.28. The number of amides is 1. The van der Waals surface area contributed by atoms with Crippen molar-refractivity contribution in [2.24, 2.45) is 0 Å². The first-order chi connectivity index (χ1) is 10.1. The monoisotopic (exact) mass is 290 g/mol. The Hall–Kier alpha value is -1.55. The molecule has 1 N–H and O–H groups in total. The van der Waals surface area contributed by atoms with Crippen molar-refractivity contribution in [3.05, 3.63) is 28.3 Å². The van der Waals surface area contributed by atoms with Crippen molar-refractivity contribution in [3.8, 4) is 5.75 Å². The molecule has 1 saturated heterocycles. The number of hydrogen-bond donors (Lipinski definition) is 1. The minimum Gasteiger partial charge on any atom is -0.493 e. The molecule has 21 heavy (non-hydrogen) atoms. The van der Waals surface area contributed by atoms with E-state index in [0.29, 0.717) is 6.61 Å². The van der Waals surface area contributed by atoms with E-state index in [1.54, 1.807) is 0 Å². The van der Waals surface area contributed by atoms with Gasteiger partial charge in [0.1, 0.15) is 5.75 Å². The number of benzene rings is 1. The van der Waals surface area contributed by atoms with Gasteiger partial charge in [-0.05, 0) is 49.9 Å². The van der Waals surface area contributed by atoms with Crippen molar-refractivity contribution in [3.63, 3.8) is 0 Å². The molecule has 116 valence electrons. The lowest BCUT2D eigenvalue weighted by atomic mass is 9.96. The first kappa shape index (κ1) is 15.8. The van der Waals surface area contributed by atoms with E-state index >= 15 is 0 Å². The lowest BCUT2D eigenvalue weighted by Crippen LogP contribution is -2.46. The van der Waals surface area contributed by atoms with Gasteiger partial charge in [-0.2, -0.15) is 0 Å². The molecule has 1 aromatic rings. The van der Waals surface area contributed by atoms with Crippen LogP contribution in [0.4, 0.5) is 0 Å². The summed E-state index contributed by atoms with van der Waals surface area (Å²) in [5, 5.41) is 3.28. The number of carbonyl (C=O) groups is 1. The molecule has 1 amide bonds. The molecule has 2 rings (SSSR count). The fourth-order valence-electron chi connectivity index (χ4n) is 2.76. The number of ether oxygens (including phenoxy) is 1. The molecular weight excluding hydrogens is 264 g/mol. The Morgan fingerprint density at radius 1 is 1.24 bits per heavy atom. The lowest BCUT2D eigenvalue weighted by molar-refractivity contribution is 0.0734. The lowest BCUT2D eigenvalue weighted by Gasteiger charge is -2.29. The number of rotatable bonds is 4. The molecule has 1 heterocycles. The molecule has 1 aliphatic rings. The van der Waals surface area contributed by atoms with Crippen molar-refractivity contribution in [1.29, 1.82) is 0 Å². The molecule has 0 saturated carbocycles. The Balaban J connectivity index is 2.31. The highest BCUT2D eigenvalue weighted by Gasteiger charge is 2.23. The number of nitrogens with one attached hydrogen (secondary N) is 1. The summed E-state index contributed by atoms with van der Waals surface area (Å²) < 4.78 is 5.79. The summed E-state index contributed by atoms with van der Waals surface area (Å²) in [5.74, 6) is 1.06. The zero-order valence-electron chi connectivity index (χ0n) is 13.6. The normalized spacial score (nSPS) is 15.1. The van der Waals surface area contributed by atoms with Crippen LogP contribution in [0.25, 0.3) is 0 Å². The molecular formula is C17H26N2O2. The average molecular weight is 290 g/mol. The zero-order valence-corrected chi connectivity index (χ0v) is 13.6. The quantitative estimate of drug-likeness (QED) is 0.926. The van der Waals surface area contributed by atoms with E-state index in [-0.39, 0.29) is 5.91 Å². The first-order valence-electron chi connectivity index (χ1n) is 7.79. The minimum absolute atomic E-state index is 0.150. The second kappa shape index (κ2) is 6.94. The van der Waals surface area contributed by atoms with E-state index in [1.165, 1.54) is 0 Å². The first-order valence-corrected chi connectivity index (χ1v) is 7.79. The van der Waals surface area contributed by atoms with Gasteiger partial charge in [0.05, 0.1) is 6.61 Å². The van der Waals surface area contributed by atoms with Crippen molar-refractivity contribution in [1.82, 2.24) is 10.2 Å². The van der Waals surface area contributed by atoms with Crippen LogP contribution in [0, 0.1) is 20.8 Å². The maximum atomic E-state index is 12.8. The van der Waals surface area contributed by atoms with Gasteiger partial charge in [0, 0.05) is 31.7 Å². The van der Waals surface area contributed by atoms with E-state index < -0.39 is 0 Å². The Bertz CT molecular complexity index is 520. The predicted molar refractivity (Wildman–Crippen MR) is 85.2 cm³/mol. The molecule has 0 bridgehead atoms. The van der Waals surface area contributed by atoms with Gasteiger partial charge in [0.15, 0.2) is 0 Å². The van der Waals surface area contributed by atoms with Crippen molar-refractivity contribution < 1.29 is 9.53 Å². The summed E-state index contributed by atoms with van der Waals surface area (Å²) >= 11 is 0. The molecule has 4 nitrogen and oxygen atoms in total. The van der Waals surface area contributed by atoms with Crippen molar-refractivity contribution >= 4 is 5.91 Å². The second-order valence-corrected chi connectivity index (χ2v) is 5.71. The van der Waals surface area contributed by atoms with E-state index in [2.05, 4.69) is 12.2 Å². The highest BCUT2D eigenvalue weighted by molar-refractivity contribution is 5.97. The zero-order chi connectivity index (χ0) is 15.4. The largest absolute Gasteiger partial charge is 0.493 e. The third-order valence-electron chi connectivity index (χ3n) is 4.13. The topological polar surface area (TPSA) is 41.6 Å². The molecule has 0 atom stereocenters. The van der Waals surface area contributed by atoms with Crippen LogP contribution in [0.1, 0.15) is 40.4 Å². The number of piperazine rings is 1. The summed E-state index contributed by atoms with van der Waals surface area (Å²) in [6.07, 6.45) is 0.985. The van der Waals surface area contributed by atoms with Crippen LogP contribution < -0.4 is 10.1 Å². The molecule has 1 aromatic carbocycles. The molecule has 0 aromatic heterocycles. The van der Waals surface area contributed by atoms with E-state index in [9.17, 15) is 4.79 Å². The number of nitrogens with zero attached hydrogens (tertiary/aromatic N) is 1. The van der Waals surface area contributed by atoms with Gasteiger partial charge < -0.3 is 15.0 Å². The standard InChI is InChI=1S/C17H26N2O2/c1-5-10-21-15-11-12(2)16(14(4)13(15)3)17(20)19-8-6-18-7-9-19/h11,18H,5-10H2,1-4H3. The molecule has 0 radical (unpaired) electrons. The summed E-state index contributed by atoms with van der Waals surface area (Å²) in [5.41, 5.74) is 3.98. The summed E-state index contributed by atoms with van der Waals surface area (Å²) in [7, 11) is 0. The van der Waals surface area contributed by atoms with Crippen LogP contribution in [0.3, 0.4) is 0 Å². The Morgan fingerprint density at radius 3 is 2.52 bits per heavy atom. The molecule has 0 spiro atoms. The number of carbonyl (C=O) groups excluding carboxylic acids is 1. The Morgan fingerprint density at radius 2 is 1.90 bits per heavy atom. The number of aryl methyl sites for hydroxylation is 1. The van der Waals surface area contributed by atoms with Gasteiger partial charge in [-0.25, -0.2) is 0 Å². The molecule has 0 unspecified atom stereocenters. The maximum Gasteiger partial charge on any atom is 0.254 e. The van der Waals surface area contributed by atoms with Crippen LogP contribution in [0.5, 0.6) is 5.75 Å². The van der Waals surface area contributed by atoms with Crippen LogP contribution >= 0.6 is 0 Å². The number of hydrogen-bond acceptors (Lipinski definition) is 3. The summed E-state index contributed by atoms with van der Waals surface area (Å²) in [4.78, 5) is 14.7. The van der Waals surface area contributed by atoms with Gasteiger partial charge in [-0.3, -0.25) is 4.79 Å². The van der Waals surface area contributed by atoms with Crippen LogP contribution in [0.15, 0.2) is 6.07 Å². The SMILES string of the molecule is CCCOc1cc(C)c(C(=O)N2CCNCC2)c(C)c1C. The molecule has 1 aliphatic heterocycles. The van der Waals surface area contributed by atoms with Gasteiger partial charge >= 0.3 is 0 Å². The molecule has 1 fully saturated rings. The average Bonchev–Trinajstić information content (AvgIpc) is 2.50. The minimum atomic E-state index is 0.150. The summed E-state index contributed by atoms with van der Waals surface area (Å²) in [6, 6.07) is 2.01. The van der Waals surface area contributed by atoms with Crippen LogP contribution in [-0.4, -0.2) is 43.6 Å². The van der Waals surface area contributed by atoms with E-state index in [1.807, 2.05) is 31.7 Å².